The molecule has 0 spiro atoms. The molecule has 0 atom stereocenters. The fourth-order valence-corrected chi connectivity index (χ4v) is 2.18. The summed E-state index contributed by atoms with van der Waals surface area (Å²) in [5.74, 6) is -4.97. The Labute approximate surface area is 131 Å². The third kappa shape index (κ3) is 3.09. The number of nitrogens with zero attached hydrogens (tertiary/aromatic N) is 1. The van der Waals surface area contributed by atoms with E-state index in [4.69, 9.17) is 11.6 Å². The summed E-state index contributed by atoms with van der Waals surface area (Å²) < 4.78 is 41.4. The van der Waals surface area contributed by atoms with Gasteiger partial charge in [0.1, 0.15) is 11.6 Å². The Hall–Kier alpha value is -2.01. The standard InChI is InChI=1S/C16H13ClF3NO/c1-2-10-3-5-11(6-4-10)21(14(22)9-17)16-13(19)8-7-12(18)15(16)20/h3-8H,2,9H2,1H3. The molecular formula is C16H13ClF3NO. The molecule has 0 fully saturated rings. The summed E-state index contributed by atoms with van der Waals surface area (Å²) in [5, 5.41) is 0. The second-order valence-corrected chi connectivity index (χ2v) is 4.84. The van der Waals surface area contributed by atoms with E-state index in [0.717, 1.165) is 23.0 Å². The number of alkyl halides is 1. The average Bonchev–Trinajstić information content (AvgIpc) is 2.54. The lowest BCUT2D eigenvalue weighted by molar-refractivity contribution is -0.115. The molecule has 0 saturated carbocycles. The maximum absolute atomic E-state index is 14.0. The highest BCUT2D eigenvalue weighted by Crippen LogP contribution is 2.32. The minimum atomic E-state index is -1.43. The number of hydrogen-bond acceptors (Lipinski definition) is 1. The number of halogens is 4. The van der Waals surface area contributed by atoms with E-state index < -0.39 is 34.9 Å². The van der Waals surface area contributed by atoms with Crippen LogP contribution in [0, 0.1) is 17.5 Å². The van der Waals surface area contributed by atoms with E-state index >= 15 is 0 Å². The van der Waals surface area contributed by atoms with Crippen molar-refractivity contribution in [1.29, 1.82) is 0 Å². The topological polar surface area (TPSA) is 20.3 Å². The van der Waals surface area contributed by atoms with Gasteiger partial charge < -0.3 is 0 Å². The molecule has 0 heterocycles. The van der Waals surface area contributed by atoms with Crippen LogP contribution in [0.15, 0.2) is 36.4 Å². The minimum absolute atomic E-state index is 0.214. The zero-order chi connectivity index (χ0) is 16.3. The largest absolute Gasteiger partial charge is 0.274 e. The van der Waals surface area contributed by atoms with Gasteiger partial charge >= 0.3 is 0 Å². The van der Waals surface area contributed by atoms with E-state index in [-0.39, 0.29) is 5.69 Å². The molecule has 0 saturated heterocycles. The number of anilines is 2. The fourth-order valence-electron chi connectivity index (χ4n) is 2.06. The molecule has 2 aromatic rings. The van der Waals surface area contributed by atoms with Gasteiger partial charge in [-0.25, -0.2) is 13.2 Å². The van der Waals surface area contributed by atoms with Gasteiger partial charge in [0.05, 0.1) is 0 Å². The van der Waals surface area contributed by atoms with Crippen molar-refractivity contribution in [2.45, 2.75) is 13.3 Å². The van der Waals surface area contributed by atoms with Crippen LogP contribution in [-0.2, 0) is 11.2 Å². The Morgan fingerprint density at radius 2 is 1.64 bits per heavy atom. The predicted molar refractivity (Wildman–Crippen MR) is 80.0 cm³/mol. The molecule has 116 valence electrons. The van der Waals surface area contributed by atoms with Crippen LogP contribution >= 0.6 is 11.6 Å². The van der Waals surface area contributed by atoms with E-state index in [9.17, 15) is 18.0 Å². The van der Waals surface area contributed by atoms with Gasteiger partial charge in [-0.3, -0.25) is 9.69 Å². The zero-order valence-electron chi connectivity index (χ0n) is 11.7. The van der Waals surface area contributed by atoms with Gasteiger partial charge in [0.15, 0.2) is 17.5 Å². The first-order chi connectivity index (χ1) is 10.5. The van der Waals surface area contributed by atoms with Crippen molar-refractivity contribution < 1.29 is 18.0 Å². The van der Waals surface area contributed by atoms with Crippen LogP contribution in [-0.4, -0.2) is 11.8 Å². The number of hydrogen-bond donors (Lipinski definition) is 0. The van der Waals surface area contributed by atoms with Crippen LogP contribution in [0.25, 0.3) is 0 Å². The molecule has 1 amide bonds. The third-order valence-electron chi connectivity index (χ3n) is 3.21. The second-order valence-electron chi connectivity index (χ2n) is 4.57. The number of carbonyl (C=O) groups is 1. The molecule has 0 unspecified atom stereocenters. The van der Waals surface area contributed by atoms with Gasteiger partial charge in [-0.1, -0.05) is 19.1 Å². The first kappa shape index (κ1) is 16.4. The number of carbonyl (C=O) groups excluding carboxylic acids is 1. The molecule has 0 radical (unpaired) electrons. The summed E-state index contributed by atoms with van der Waals surface area (Å²) >= 11 is 5.52. The Morgan fingerprint density at radius 1 is 1.05 bits per heavy atom. The SMILES string of the molecule is CCc1ccc(N(C(=O)CCl)c2c(F)ccc(F)c2F)cc1. The summed E-state index contributed by atoms with van der Waals surface area (Å²) in [4.78, 5) is 12.8. The lowest BCUT2D eigenvalue weighted by atomic mass is 10.1. The van der Waals surface area contributed by atoms with E-state index in [1.807, 2.05) is 6.92 Å². The van der Waals surface area contributed by atoms with Crippen molar-refractivity contribution in [3.8, 4) is 0 Å². The first-order valence-corrected chi connectivity index (χ1v) is 7.14. The van der Waals surface area contributed by atoms with Crippen LogP contribution in [0.3, 0.4) is 0 Å². The summed E-state index contributed by atoms with van der Waals surface area (Å²) in [6, 6.07) is 7.94. The lowest BCUT2D eigenvalue weighted by Gasteiger charge is -2.23. The molecule has 0 aliphatic rings. The van der Waals surface area contributed by atoms with Crippen molar-refractivity contribution in [2.75, 3.05) is 10.8 Å². The van der Waals surface area contributed by atoms with Crippen molar-refractivity contribution in [3.05, 3.63) is 59.4 Å². The molecule has 22 heavy (non-hydrogen) atoms. The monoisotopic (exact) mass is 327 g/mol. The number of rotatable bonds is 4. The molecule has 6 heteroatoms. The van der Waals surface area contributed by atoms with Crippen molar-refractivity contribution in [3.63, 3.8) is 0 Å². The molecule has 0 aliphatic carbocycles. The highest BCUT2D eigenvalue weighted by atomic mass is 35.5. The van der Waals surface area contributed by atoms with Crippen LogP contribution < -0.4 is 4.90 Å². The summed E-state index contributed by atoms with van der Waals surface area (Å²) in [6.45, 7) is 1.95. The fraction of sp³-hybridized carbons (Fsp3) is 0.188. The van der Waals surface area contributed by atoms with E-state index in [2.05, 4.69) is 0 Å². The Balaban J connectivity index is 2.60. The third-order valence-corrected chi connectivity index (χ3v) is 3.44. The number of benzene rings is 2. The van der Waals surface area contributed by atoms with Crippen molar-refractivity contribution in [2.24, 2.45) is 0 Å². The molecule has 0 N–H and O–H groups in total. The smallest absolute Gasteiger partial charge is 0.246 e. The van der Waals surface area contributed by atoms with E-state index in [0.29, 0.717) is 6.07 Å². The van der Waals surface area contributed by atoms with Gasteiger partial charge in [0.2, 0.25) is 5.91 Å². The van der Waals surface area contributed by atoms with Gasteiger partial charge in [-0.15, -0.1) is 11.6 Å². The lowest BCUT2D eigenvalue weighted by Crippen LogP contribution is -2.29. The molecule has 0 bridgehead atoms. The van der Waals surface area contributed by atoms with Gasteiger partial charge in [0, 0.05) is 5.69 Å². The molecule has 2 rings (SSSR count). The maximum Gasteiger partial charge on any atom is 0.246 e. The van der Waals surface area contributed by atoms with Crippen molar-refractivity contribution >= 4 is 28.9 Å². The molecular weight excluding hydrogens is 315 g/mol. The zero-order valence-corrected chi connectivity index (χ0v) is 12.5. The summed E-state index contributed by atoms with van der Waals surface area (Å²) in [7, 11) is 0. The number of amides is 1. The van der Waals surface area contributed by atoms with Crippen LogP contribution in [0.5, 0.6) is 0 Å². The number of aryl methyl sites for hydroxylation is 1. The van der Waals surface area contributed by atoms with Gasteiger partial charge in [-0.05, 0) is 36.2 Å². The highest BCUT2D eigenvalue weighted by molar-refractivity contribution is 6.30. The molecule has 0 aromatic heterocycles. The quantitative estimate of drug-likeness (QED) is 0.595. The van der Waals surface area contributed by atoms with E-state index in [1.54, 1.807) is 12.1 Å². The normalized spacial score (nSPS) is 10.6. The first-order valence-electron chi connectivity index (χ1n) is 6.61. The summed E-state index contributed by atoms with van der Waals surface area (Å²) in [5.41, 5.74) is 0.434. The van der Waals surface area contributed by atoms with Crippen LogP contribution in [0.1, 0.15) is 12.5 Å². The minimum Gasteiger partial charge on any atom is -0.274 e. The Bertz CT molecular complexity index is 689. The van der Waals surface area contributed by atoms with Gasteiger partial charge in [-0.2, -0.15) is 0 Å². The maximum atomic E-state index is 14.0. The van der Waals surface area contributed by atoms with Crippen LogP contribution in [0.4, 0.5) is 24.5 Å². The molecule has 0 aliphatic heterocycles. The Morgan fingerprint density at radius 3 is 2.18 bits per heavy atom. The second kappa shape index (κ2) is 6.83. The van der Waals surface area contributed by atoms with Gasteiger partial charge in [0.25, 0.3) is 0 Å². The molecule has 2 nitrogen and oxygen atoms in total. The predicted octanol–water partition coefficient (Wildman–Crippen LogP) is 4.57. The molecule has 2 aromatic carbocycles. The van der Waals surface area contributed by atoms with E-state index in [1.165, 1.54) is 12.1 Å². The Kier molecular flexibility index (Phi) is 5.08. The average molecular weight is 328 g/mol. The van der Waals surface area contributed by atoms with Crippen LogP contribution in [0.2, 0.25) is 0 Å². The van der Waals surface area contributed by atoms with Crippen molar-refractivity contribution in [1.82, 2.24) is 0 Å². The summed E-state index contributed by atoms with van der Waals surface area (Å²) in [6.07, 6.45) is 0.770. The highest BCUT2D eigenvalue weighted by Gasteiger charge is 2.26.